The SMILES string of the molecule is FC(F)Oc1cccc(-c2c(Cl)c(Cl)c(Cl)c(Cl)c2Cl)c1C(F)(F)F. The van der Waals surface area contributed by atoms with Crippen LogP contribution in [0, 0.1) is 0 Å². The van der Waals surface area contributed by atoms with Crippen molar-refractivity contribution in [1.29, 1.82) is 0 Å². The molecule has 2 aromatic rings. The van der Waals surface area contributed by atoms with Gasteiger partial charge in [0.2, 0.25) is 0 Å². The van der Waals surface area contributed by atoms with Gasteiger partial charge in [0.25, 0.3) is 0 Å². The highest BCUT2D eigenvalue weighted by molar-refractivity contribution is 6.56. The van der Waals surface area contributed by atoms with Gasteiger partial charge in [0.1, 0.15) is 11.3 Å². The van der Waals surface area contributed by atoms with Gasteiger partial charge < -0.3 is 4.74 Å². The summed E-state index contributed by atoms with van der Waals surface area (Å²) in [5, 5.41) is -1.75. The van der Waals surface area contributed by atoms with Crippen molar-refractivity contribution in [2.75, 3.05) is 0 Å². The number of ether oxygens (including phenoxy) is 1. The Kier molecular flexibility index (Phi) is 6.22. The summed E-state index contributed by atoms with van der Waals surface area (Å²) in [4.78, 5) is 0. The monoisotopic (exact) mass is 458 g/mol. The lowest BCUT2D eigenvalue weighted by Gasteiger charge is -2.20. The quantitative estimate of drug-likeness (QED) is 0.255. The molecule has 0 atom stereocenters. The standard InChI is InChI=1S/C14H4Cl5F5O/c15-8-6(9(16)11(18)12(19)10(8)17)4-2-1-3-5(25-13(20)21)7(4)14(22,23)24/h1-3,13H. The van der Waals surface area contributed by atoms with Crippen LogP contribution < -0.4 is 4.74 Å². The molecule has 11 heteroatoms. The predicted octanol–water partition coefficient (Wildman–Crippen LogP) is 8.24. The number of benzene rings is 2. The molecule has 136 valence electrons. The molecule has 0 aromatic heterocycles. The van der Waals surface area contributed by atoms with Crippen LogP contribution in [0.5, 0.6) is 5.75 Å². The first-order valence-electron chi connectivity index (χ1n) is 6.13. The van der Waals surface area contributed by atoms with E-state index in [1.54, 1.807) is 0 Å². The van der Waals surface area contributed by atoms with Crippen molar-refractivity contribution >= 4 is 58.0 Å². The Hall–Kier alpha value is -0.660. The minimum absolute atomic E-state index is 0.254. The molecule has 0 aliphatic heterocycles. The molecule has 0 spiro atoms. The number of hydrogen-bond acceptors (Lipinski definition) is 1. The Morgan fingerprint density at radius 2 is 1.28 bits per heavy atom. The van der Waals surface area contributed by atoms with Crippen LogP contribution in [0.1, 0.15) is 5.56 Å². The van der Waals surface area contributed by atoms with Crippen LogP contribution in [-0.2, 0) is 6.18 Å². The molecule has 0 saturated carbocycles. The van der Waals surface area contributed by atoms with Crippen LogP contribution in [0.25, 0.3) is 11.1 Å². The van der Waals surface area contributed by atoms with Gasteiger partial charge in [-0.3, -0.25) is 0 Å². The number of alkyl halides is 5. The van der Waals surface area contributed by atoms with E-state index < -0.39 is 45.3 Å². The molecule has 2 aromatic carbocycles. The van der Waals surface area contributed by atoms with Gasteiger partial charge in [0.15, 0.2) is 0 Å². The third kappa shape index (κ3) is 4.03. The van der Waals surface area contributed by atoms with E-state index in [0.29, 0.717) is 0 Å². The van der Waals surface area contributed by atoms with E-state index in [9.17, 15) is 22.0 Å². The lowest BCUT2D eigenvalue weighted by atomic mass is 9.98. The lowest BCUT2D eigenvalue weighted by Crippen LogP contribution is -2.13. The molecule has 0 N–H and O–H groups in total. The first kappa shape index (κ1) is 20.6. The van der Waals surface area contributed by atoms with Gasteiger partial charge in [-0.15, -0.1) is 0 Å². The Morgan fingerprint density at radius 3 is 1.72 bits per heavy atom. The topological polar surface area (TPSA) is 9.23 Å². The summed E-state index contributed by atoms with van der Waals surface area (Å²) in [6.07, 6.45) is -5.06. The summed E-state index contributed by atoms with van der Waals surface area (Å²) in [7, 11) is 0. The molecule has 0 heterocycles. The van der Waals surface area contributed by atoms with E-state index >= 15 is 0 Å². The summed E-state index contributed by atoms with van der Waals surface area (Å²) in [5.41, 5.74) is -2.55. The third-order valence-electron chi connectivity index (χ3n) is 3.00. The smallest absolute Gasteiger partial charge is 0.420 e. The van der Waals surface area contributed by atoms with Crippen LogP contribution in [0.3, 0.4) is 0 Å². The molecule has 0 radical (unpaired) electrons. The fourth-order valence-corrected chi connectivity index (χ4v) is 3.41. The second-order valence-electron chi connectivity index (χ2n) is 4.50. The largest absolute Gasteiger partial charge is 0.434 e. The Labute approximate surface area is 163 Å². The van der Waals surface area contributed by atoms with Gasteiger partial charge >= 0.3 is 12.8 Å². The van der Waals surface area contributed by atoms with Crippen molar-refractivity contribution in [3.8, 4) is 16.9 Å². The van der Waals surface area contributed by atoms with Crippen molar-refractivity contribution in [3.63, 3.8) is 0 Å². The van der Waals surface area contributed by atoms with E-state index in [4.69, 9.17) is 58.0 Å². The minimum atomic E-state index is -5.06. The van der Waals surface area contributed by atoms with Crippen LogP contribution in [0.15, 0.2) is 18.2 Å². The maximum atomic E-state index is 13.5. The first-order chi connectivity index (χ1) is 11.5. The normalized spacial score (nSPS) is 12.0. The minimum Gasteiger partial charge on any atom is -0.434 e. The molecular formula is C14H4Cl5F5O. The number of rotatable bonds is 3. The molecule has 0 bridgehead atoms. The predicted molar refractivity (Wildman–Crippen MR) is 88.6 cm³/mol. The van der Waals surface area contributed by atoms with Gasteiger partial charge in [0, 0.05) is 11.1 Å². The van der Waals surface area contributed by atoms with Gasteiger partial charge in [-0.2, -0.15) is 22.0 Å². The first-order valence-corrected chi connectivity index (χ1v) is 8.02. The van der Waals surface area contributed by atoms with Gasteiger partial charge in [-0.05, 0) is 6.07 Å². The highest BCUT2D eigenvalue weighted by Crippen LogP contribution is 2.52. The number of hydrogen-bond donors (Lipinski definition) is 0. The summed E-state index contributed by atoms with van der Waals surface area (Å²) >= 11 is 29.5. The molecule has 1 nitrogen and oxygen atoms in total. The van der Waals surface area contributed by atoms with E-state index in [0.717, 1.165) is 18.2 Å². The van der Waals surface area contributed by atoms with Crippen molar-refractivity contribution < 1.29 is 26.7 Å². The van der Waals surface area contributed by atoms with Crippen molar-refractivity contribution in [1.82, 2.24) is 0 Å². The maximum absolute atomic E-state index is 13.5. The van der Waals surface area contributed by atoms with Gasteiger partial charge in [0.05, 0.1) is 25.1 Å². The molecule has 0 fully saturated rings. The Bertz CT molecular complexity index is 793. The highest BCUT2D eigenvalue weighted by atomic mass is 35.5. The summed E-state index contributed by atoms with van der Waals surface area (Å²) in [6.45, 7) is -3.47. The van der Waals surface area contributed by atoms with E-state index in [1.165, 1.54) is 0 Å². The second-order valence-corrected chi connectivity index (χ2v) is 6.39. The Morgan fingerprint density at radius 1 is 0.800 bits per heavy atom. The molecule has 25 heavy (non-hydrogen) atoms. The lowest BCUT2D eigenvalue weighted by molar-refractivity contribution is -0.141. The molecule has 0 unspecified atom stereocenters. The average molecular weight is 460 g/mol. The molecule has 0 aliphatic carbocycles. The van der Waals surface area contributed by atoms with Crippen LogP contribution in [-0.4, -0.2) is 6.61 Å². The third-order valence-corrected chi connectivity index (χ3v) is 5.28. The van der Waals surface area contributed by atoms with Crippen LogP contribution in [0.4, 0.5) is 22.0 Å². The van der Waals surface area contributed by atoms with Crippen molar-refractivity contribution in [3.05, 3.63) is 48.9 Å². The molecule has 0 saturated heterocycles. The number of halogens is 10. The zero-order valence-electron chi connectivity index (χ0n) is 11.5. The summed E-state index contributed by atoms with van der Waals surface area (Å²) in [6, 6.07) is 2.76. The fraction of sp³-hybridized carbons (Fsp3) is 0.143. The van der Waals surface area contributed by atoms with E-state index in [2.05, 4.69) is 4.74 Å². The van der Waals surface area contributed by atoms with Crippen molar-refractivity contribution in [2.45, 2.75) is 12.8 Å². The molecule has 0 aliphatic rings. The molecule has 2 rings (SSSR count). The maximum Gasteiger partial charge on any atom is 0.420 e. The summed E-state index contributed by atoms with van der Waals surface area (Å²) < 4.78 is 69.3. The second kappa shape index (κ2) is 7.53. The van der Waals surface area contributed by atoms with Crippen LogP contribution >= 0.6 is 58.0 Å². The van der Waals surface area contributed by atoms with Gasteiger partial charge in [-0.1, -0.05) is 70.1 Å². The zero-order chi connectivity index (χ0) is 19.1. The van der Waals surface area contributed by atoms with Gasteiger partial charge in [-0.25, -0.2) is 0 Å². The summed E-state index contributed by atoms with van der Waals surface area (Å²) in [5.74, 6) is -1.10. The van der Waals surface area contributed by atoms with Crippen molar-refractivity contribution in [2.24, 2.45) is 0 Å². The Balaban J connectivity index is 2.90. The van der Waals surface area contributed by atoms with Crippen LogP contribution in [0.2, 0.25) is 25.1 Å². The van der Waals surface area contributed by atoms with E-state index in [-0.39, 0.29) is 15.1 Å². The average Bonchev–Trinajstić information content (AvgIpc) is 2.49. The zero-order valence-corrected chi connectivity index (χ0v) is 15.3. The fourth-order valence-electron chi connectivity index (χ4n) is 2.07. The highest BCUT2D eigenvalue weighted by Gasteiger charge is 2.39. The molecule has 0 amide bonds. The van der Waals surface area contributed by atoms with E-state index in [1.807, 2.05) is 0 Å². The molecular weight excluding hydrogens is 456 g/mol.